The first-order valence-electron chi connectivity index (χ1n) is 9.95. The van der Waals surface area contributed by atoms with Gasteiger partial charge in [0, 0.05) is 43.3 Å². The van der Waals surface area contributed by atoms with Crippen molar-refractivity contribution in [3.63, 3.8) is 0 Å². The molecule has 0 fully saturated rings. The number of hydrogen-bond donors (Lipinski definition) is 1. The SMILES string of the molecule is Cc1nn(C)cc1CN(C)C(=O)c1cnn2c1NC(c1ccc(Br)cc1)CC2C(F)(F)F. The Hall–Kier alpha value is -2.82. The molecular weight excluding hydrogens is 489 g/mol. The van der Waals surface area contributed by atoms with Crippen LogP contribution in [0.4, 0.5) is 19.0 Å². The minimum Gasteiger partial charge on any atom is -0.363 e. The van der Waals surface area contributed by atoms with E-state index in [1.165, 1.54) is 11.1 Å². The summed E-state index contributed by atoms with van der Waals surface area (Å²) in [7, 11) is 3.39. The molecule has 1 amide bonds. The van der Waals surface area contributed by atoms with Gasteiger partial charge in [-0.1, -0.05) is 28.1 Å². The Labute approximate surface area is 191 Å². The largest absolute Gasteiger partial charge is 0.410 e. The maximum atomic E-state index is 13.9. The molecule has 4 rings (SSSR count). The number of carbonyl (C=O) groups excluding carboxylic acids is 1. The van der Waals surface area contributed by atoms with Gasteiger partial charge in [0.05, 0.1) is 17.9 Å². The summed E-state index contributed by atoms with van der Waals surface area (Å²) < 4.78 is 45.0. The third-order valence-corrected chi connectivity index (χ3v) is 6.14. The summed E-state index contributed by atoms with van der Waals surface area (Å²) in [4.78, 5) is 14.6. The Kier molecular flexibility index (Phi) is 5.78. The van der Waals surface area contributed by atoms with Crippen molar-refractivity contribution in [2.24, 2.45) is 7.05 Å². The second kappa shape index (κ2) is 8.27. The Morgan fingerprint density at radius 3 is 2.59 bits per heavy atom. The Morgan fingerprint density at radius 2 is 2.00 bits per heavy atom. The van der Waals surface area contributed by atoms with Crippen LogP contribution in [0.2, 0.25) is 0 Å². The van der Waals surface area contributed by atoms with E-state index >= 15 is 0 Å². The van der Waals surface area contributed by atoms with Crippen molar-refractivity contribution in [2.75, 3.05) is 12.4 Å². The lowest BCUT2D eigenvalue weighted by molar-refractivity contribution is -0.173. The molecule has 1 aliphatic rings. The molecule has 0 spiro atoms. The lowest BCUT2D eigenvalue weighted by Crippen LogP contribution is -2.36. The Balaban J connectivity index is 1.66. The van der Waals surface area contributed by atoms with E-state index in [1.807, 2.05) is 13.1 Å². The van der Waals surface area contributed by atoms with Gasteiger partial charge in [-0.05, 0) is 24.6 Å². The fourth-order valence-corrected chi connectivity index (χ4v) is 4.23. The number of carbonyl (C=O) groups is 1. The number of nitrogens with one attached hydrogen (secondary N) is 1. The summed E-state index contributed by atoms with van der Waals surface area (Å²) in [5, 5.41) is 11.3. The highest BCUT2D eigenvalue weighted by molar-refractivity contribution is 9.10. The number of alkyl halides is 3. The monoisotopic (exact) mass is 510 g/mol. The van der Waals surface area contributed by atoms with Crippen LogP contribution in [0.25, 0.3) is 0 Å². The first-order chi connectivity index (χ1) is 15.0. The fourth-order valence-electron chi connectivity index (χ4n) is 3.97. The van der Waals surface area contributed by atoms with E-state index in [0.717, 1.165) is 20.4 Å². The normalized spacial score (nSPS) is 18.2. The van der Waals surface area contributed by atoms with Crippen LogP contribution in [0.3, 0.4) is 0 Å². The smallest absolute Gasteiger partial charge is 0.363 e. The van der Waals surface area contributed by atoms with Crippen LogP contribution in [0.5, 0.6) is 0 Å². The van der Waals surface area contributed by atoms with E-state index in [9.17, 15) is 18.0 Å². The van der Waals surface area contributed by atoms with E-state index in [0.29, 0.717) is 5.56 Å². The molecule has 2 unspecified atom stereocenters. The van der Waals surface area contributed by atoms with Crippen LogP contribution >= 0.6 is 15.9 Å². The molecule has 2 atom stereocenters. The molecule has 2 aromatic heterocycles. The summed E-state index contributed by atoms with van der Waals surface area (Å²) in [6.07, 6.45) is -1.71. The molecule has 0 radical (unpaired) electrons. The molecule has 0 saturated heterocycles. The highest BCUT2D eigenvalue weighted by Gasteiger charge is 2.47. The highest BCUT2D eigenvalue weighted by atomic mass is 79.9. The fraction of sp³-hybridized carbons (Fsp3) is 0.381. The van der Waals surface area contributed by atoms with E-state index in [4.69, 9.17) is 0 Å². The quantitative estimate of drug-likeness (QED) is 0.556. The molecule has 1 aliphatic heterocycles. The van der Waals surface area contributed by atoms with E-state index < -0.39 is 24.2 Å². The van der Waals surface area contributed by atoms with E-state index in [1.54, 1.807) is 43.0 Å². The number of anilines is 1. The predicted molar refractivity (Wildman–Crippen MR) is 116 cm³/mol. The number of nitrogens with zero attached hydrogens (tertiary/aromatic N) is 5. The van der Waals surface area contributed by atoms with Gasteiger partial charge in [-0.2, -0.15) is 23.4 Å². The first kappa shape index (κ1) is 22.4. The highest BCUT2D eigenvalue weighted by Crippen LogP contribution is 2.44. The summed E-state index contributed by atoms with van der Waals surface area (Å²) in [5.41, 5.74) is 2.45. The number of hydrogen-bond acceptors (Lipinski definition) is 4. The molecule has 0 aliphatic carbocycles. The number of aryl methyl sites for hydroxylation is 2. The van der Waals surface area contributed by atoms with Gasteiger partial charge in [0.15, 0.2) is 6.04 Å². The van der Waals surface area contributed by atoms with Crippen molar-refractivity contribution in [3.05, 3.63) is 63.5 Å². The Bertz CT molecular complexity index is 1140. The van der Waals surface area contributed by atoms with Gasteiger partial charge >= 0.3 is 6.18 Å². The lowest BCUT2D eigenvalue weighted by atomic mass is 9.96. The van der Waals surface area contributed by atoms with Crippen LogP contribution in [0, 0.1) is 6.92 Å². The molecule has 0 saturated carbocycles. The lowest BCUT2D eigenvalue weighted by Gasteiger charge is -2.34. The molecule has 3 heterocycles. The van der Waals surface area contributed by atoms with Crippen LogP contribution in [0.15, 0.2) is 41.1 Å². The van der Waals surface area contributed by atoms with Crippen LogP contribution < -0.4 is 5.32 Å². The first-order valence-corrected chi connectivity index (χ1v) is 10.7. The van der Waals surface area contributed by atoms with E-state index in [-0.39, 0.29) is 24.3 Å². The van der Waals surface area contributed by atoms with Crippen LogP contribution in [0.1, 0.15) is 45.7 Å². The third-order valence-electron chi connectivity index (χ3n) is 5.61. The molecule has 3 aromatic rings. The summed E-state index contributed by atoms with van der Waals surface area (Å²) >= 11 is 3.34. The molecule has 32 heavy (non-hydrogen) atoms. The predicted octanol–water partition coefficient (Wildman–Crippen LogP) is 4.62. The average Bonchev–Trinajstić information content (AvgIpc) is 3.28. The number of rotatable bonds is 4. The number of halogens is 4. The zero-order valence-corrected chi connectivity index (χ0v) is 19.3. The maximum absolute atomic E-state index is 13.9. The molecule has 1 aromatic carbocycles. The topological polar surface area (TPSA) is 68.0 Å². The standard InChI is InChI=1S/C21H22BrF3N6O/c1-12-14(11-30(3)28-12)10-29(2)20(32)16-9-26-31-18(21(23,24)25)8-17(27-19(16)31)13-4-6-15(22)7-5-13/h4-7,9,11,17-18,27H,8,10H2,1-3H3. The van der Waals surface area contributed by atoms with Crippen LogP contribution in [-0.2, 0) is 13.6 Å². The zero-order chi connectivity index (χ0) is 23.2. The molecule has 7 nitrogen and oxygen atoms in total. The van der Waals surface area contributed by atoms with Gasteiger partial charge in [-0.15, -0.1) is 0 Å². The molecular formula is C21H22BrF3N6O. The van der Waals surface area contributed by atoms with Crippen molar-refractivity contribution in [3.8, 4) is 0 Å². The minimum atomic E-state index is -4.50. The minimum absolute atomic E-state index is 0.0752. The number of benzene rings is 1. The van der Waals surface area contributed by atoms with Crippen molar-refractivity contribution in [1.29, 1.82) is 0 Å². The average molecular weight is 511 g/mol. The van der Waals surface area contributed by atoms with Crippen molar-refractivity contribution in [1.82, 2.24) is 24.5 Å². The number of amides is 1. The van der Waals surface area contributed by atoms with Gasteiger partial charge in [0.25, 0.3) is 5.91 Å². The van der Waals surface area contributed by atoms with Gasteiger partial charge in [0.1, 0.15) is 11.4 Å². The summed E-state index contributed by atoms with van der Waals surface area (Å²) in [6.45, 7) is 2.12. The molecule has 170 valence electrons. The van der Waals surface area contributed by atoms with Gasteiger partial charge in [0.2, 0.25) is 0 Å². The van der Waals surface area contributed by atoms with Gasteiger partial charge in [-0.25, -0.2) is 4.68 Å². The van der Waals surface area contributed by atoms with Crippen molar-refractivity contribution >= 4 is 27.7 Å². The summed E-state index contributed by atoms with van der Waals surface area (Å²) in [6, 6.07) is 4.64. The molecule has 0 bridgehead atoms. The second-order valence-corrected chi connectivity index (χ2v) is 8.88. The Morgan fingerprint density at radius 1 is 1.31 bits per heavy atom. The zero-order valence-electron chi connectivity index (χ0n) is 17.7. The van der Waals surface area contributed by atoms with Crippen molar-refractivity contribution in [2.45, 2.75) is 38.1 Å². The summed E-state index contributed by atoms with van der Waals surface area (Å²) in [5.74, 6) is -0.342. The van der Waals surface area contributed by atoms with Crippen LogP contribution in [-0.4, -0.2) is 43.6 Å². The molecule has 11 heteroatoms. The number of aromatic nitrogens is 4. The van der Waals surface area contributed by atoms with Gasteiger partial charge in [-0.3, -0.25) is 9.48 Å². The molecule has 1 N–H and O–H groups in total. The van der Waals surface area contributed by atoms with Crippen molar-refractivity contribution < 1.29 is 18.0 Å². The number of fused-ring (bicyclic) bond motifs is 1. The second-order valence-electron chi connectivity index (χ2n) is 7.97. The third kappa shape index (κ3) is 4.25. The maximum Gasteiger partial charge on any atom is 0.410 e. The van der Waals surface area contributed by atoms with E-state index in [2.05, 4.69) is 31.4 Å². The van der Waals surface area contributed by atoms with Gasteiger partial charge < -0.3 is 10.2 Å².